The van der Waals surface area contributed by atoms with E-state index >= 15 is 0 Å². The molecular formula is C25H22BrF3N4O4S. The SMILES string of the molecule is CCc1nc(C2CC2)c([14C](N)=O)n1Cc1ccc2oc(-c3ccccc3NS(=O)(=O)C(F)(F)F)c(Br)c2c1. The second kappa shape index (κ2) is 9.45. The third kappa shape index (κ3) is 4.68. The van der Waals surface area contributed by atoms with E-state index in [1.807, 2.05) is 17.6 Å². The van der Waals surface area contributed by atoms with Crippen molar-refractivity contribution in [2.24, 2.45) is 5.73 Å². The van der Waals surface area contributed by atoms with E-state index in [1.54, 1.807) is 22.9 Å². The highest BCUT2D eigenvalue weighted by molar-refractivity contribution is 9.10. The van der Waals surface area contributed by atoms with Gasteiger partial charge in [-0.1, -0.05) is 25.1 Å². The number of nitrogens with two attached hydrogens (primary N) is 1. The van der Waals surface area contributed by atoms with Crippen molar-refractivity contribution in [3.8, 4) is 11.3 Å². The highest BCUT2D eigenvalue weighted by Crippen LogP contribution is 2.43. The molecular weight excluding hydrogens is 591 g/mol. The maximum absolute atomic E-state index is 13.0. The number of hydrogen-bond acceptors (Lipinski definition) is 5. The molecule has 2 aromatic carbocycles. The van der Waals surface area contributed by atoms with Crippen LogP contribution in [-0.4, -0.2) is 29.4 Å². The standard InChI is InChI=1S/C25H22BrF3N4O4S/c1-2-19-31-21(14-8-9-14)22(24(30)34)33(19)12-13-7-10-18-16(11-13)20(26)23(37-18)15-5-3-4-6-17(15)32-38(35,36)25(27,28)29/h3-7,10-11,14,32H,2,8-9,12H2,1H3,(H2,30,34)/i24+2. The molecule has 3 N–H and O–H groups in total. The molecule has 4 aromatic rings. The van der Waals surface area contributed by atoms with E-state index < -0.39 is 21.4 Å². The average Bonchev–Trinajstić information content (AvgIpc) is 3.56. The van der Waals surface area contributed by atoms with Crippen molar-refractivity contribution >= 4 is 48.5 Å². The summed E-state index contributed by atoms with van der Waals surface area (Å²) in [5, 5.41) is 0.618. The van der Waals surface area contributed by atoms with Gasteiger partial charge in [0.05, 0.1) is 15.9 Å². The predicted molar refractivity (Wildman–Crippen MR) is 139 cm³/mol. The van der Waals surface area contributed by atoms with Gasteiger partial charge < -0.3 is 14.7 Å². The number of carbonyl (C=O) groups is 1. The number of imidazole rings is 1. The lowest BCUT2D eigenvalue weighted by molar-refractivity contribution is -0.0429. The van der Waals surface area contributed by atoms with E-state index in [1.165, 1.54) is 18.2 Å². The fourth-order valence-electron chi connectivity index (χ4n) is 4.40. The van der Waals surface area contributed by atoms with Crippen molar-refractivity contribution in [2.75, 3.05) is 4.72 Å². The zero-order chi connectivity index (χ0) is 27.4. The molecule has 2 aromatic heterocycles. The summed E-state index contributed by atoms with van der Waals surface area (Å²) < 4.78 is 72.2. The van der Waals surface area contributed by atoms with Crippen molar-refractivity contribution in [1.82, 2.24) is 9.55 Å². The highest BCUT2D eigenvalue weighted by Gasteiger charge is 2.46. The van der Waals surface area contributed by atoms with Gasteiger partial charge in [0, 0.05) is 29.8 Å². The lowest BCUT2D eigenvalue weighted by atomic mass is 10.1. The number of furan rings is 1. The minimum Gasteiger partial charge on any atom is -0.455 e. The number of alkyl halides is 3. The number of hydrogen-bond donors (Lipinski definition) is 2. The third-order valence-corrected chi connectivity index (χ3v) is 8.23. The van der Waals surface area contributed by atoms with Crippen LogP contribution in [0.25, 0.3) is 22.3 Å². The Hall–Kier alpha value is -3.32. The summed E-state index contributed by atoms with van der Waals surface area (Å²) >= 11 is 3.47. The lowest BCUT2D eigenvalue weighted by Crippen LogP contribution is -2.30. The van der Waals surface area contributed by atoms with Gasteiger partial charge in [0.2, 0.25) is 0 Å². The number of aromatic nitrogens is 2. The van der Waals surface area contributed by atoms with Crippen LogP contribution in [0.1, 0.15) is 53.3 Å². The molecule has 5 rings (SSSR count). The Morgan fingerprint density at radius 3 is 2.58 bits per heavy atom. The Morgan fingerprint density at radius 1 is 1.24 bits per heavy atom. The van der Waals surface area contributed by atoms with Crippen LogP contribution in [0.4, 0.5) is 18.9 Å². The summed E-state index contributed by atoms with van der Waals surface area (Å²) in [5.41, 5.74) is 2.47. The van der Waals surface area contributed by atoms with Crippen molar-refractivity contribution in [3.63, 3.8) is 0 Å². The highest BCUT2D eigenvalue weighted by atomic mass is 79.9. The molecule has 1 aliphatic carbocycles. The first kappa shape index (κ1) is 26.3. The van der Waals surface area contributed by atoms with Crippen LogP contribution in [0.2, 0.25) is 0 Å². The molecule has 1 fully saturated rings. The van der Waals surface area contributed by atoms with Gasteiger partial charge in [-0.25, -0.2) is 4.98 Å². The quantitative estimate of drug-likeness (QED) is 0.256. The normalized spacial score (nSPS) is 14.2. The number of nitrogens with zero attached hydrogens (tertiary/aromatic N) is 2. The fraction of sp³-hybridized carbons (Fsp3) is 0.280. The number of carbonyl (C=O) groups excluding carboxylic acids is 1. The largest absolute Gasteiger partial charge is 0.516 e. The van der Waals surface area contributed by atoms with Gasteiger partial charge in [-0.2, -0.15) is 21.6 Å². The monoisotopic (exact) mass is 612 g/mol. The number of aryl methyl sites for hydroxylation is 1. The molecule has 0 spiro atoms. The average molecular weight is 613 g/mol. The summed E-state index contributed by atoms with van der Waals surface area (Å²) in [6.07, 6.45) is 2.55. The van der Waals surface area contributed by atoms with Crippen molar-refractivity contribution in [1.29, 1.82) is 0 Å². The summed E-state index contributed by atoms with van der Waals surface area (Å²) in [4.78, 5) is 17.0. The first-order valence-corrected chi connectivity index (χ1v) is 14.0. The van der Waals surface area contributed by atoms with Gasteiger partial charge in [-0.3, -0.25) is 9.52 Å². The van der Waals surface area contributed by atoms with Crippen molar-refractivity contribution in [3.05, 3.63) is 69.7 Å². The first-order chi connectivity index (χ1) is 17.9. The number of anilines is 1. The maximum Gasteiger partial charge on any atom is 0.516 e. The minimum absolute atomic E-state index is 0.123. The lowest BCUT2D eigenvalue weighted by Gasteiger charge is -2.13. The number of para-hydroxylation sites is 1. The van der Waals surface area contributed by atoms with Gasteiger partial charge in [-0.15, -0.1) is 0 Å². The summed E-state index contributed by atoms with van der Waals surface area (Å²) in [6, 6.07) is 11.0. The van der Waals surface area contributed by atoms with E-state index in [0.717, 1.165) is 29.9 Å². The predicted octanol–water partition coefficient (Wildman–Crippen LogP) is 5.91. The topological polar surface area (TPSA) is 120 Å². The van der Waals surface area contributed by atoms with Crippen LogP contribution in [0.5, 0.6) is 0 Å². The zero-order valence-electron chi connectivity index (χ0n) is 20.0. The smallest absolute Gasteiger partial charge is 0.455 e. The molecule has 1 saturated carbocycles. The van der Waals surface area contributed by atoms with Gasteiger partial charge in [0.15, 0.2) is 5.76 Å². The Labute approximate surface area is 224 Å². The van der Waals surface area contributed by atoms with E-state index in [4.69, 9.17) is 10.2 Å². The second-order valence-electron chi connectivity index (χ2n) is 9.01. The van der Waals surface area contributed by atoms with Crippen molar-refractivity contribution < 1.29 is 30.8 Å². The third-order valence-electron chi connectivity index (χ3n) is 6.34. The molecule has 1 amide bonds. The Morgan fingerprint density at radius 2 is 1.95 bits per heavy atom. The van der Waals surface area contributed by atoms with Crippen LogP contribution in [0, 0.1) is 0 Å². The molecule has 1 aliphatic rings. The Bertz CT molecular complexity index is 1670. The molecule has 2 heterocycles. The number of amides is 1. The summed E-state index contributed by atoms with van der Waals surface area (Å²) in [6.45, 7) is 2.28. The van der Waals surface area contributed by atoms with Gasteiger partial charge in [0.25, 0.3) is 5.91 Å². The van der Waals surface area contributed by atoms with Crippen LogP contribution in [0.3, 0.4) is 0 Å². The van der Waals surface area contributed by atoms with Crippen molar-refractivity contribution in [2.45, 2.75) is 44.2 Å². The number of rotatable bonds is 8. The number of fused-ring (bicyclic) bond motifs is 1. The van der Waals surface area contributed by atoms with Crippen LogP contribution in [-0.2, 0) is 23.0 Å². The zero-order valence-corrected chi connectivity index (χ0v) is 22.4. The second-order valence-corrected chi connectivity index (χ2v) is 11.5. The summed E-state index contributed by atoms with van der Waals surface area (Å²) in [5.74, 6) is 0.610. The van der Waals surface area contributed by atoms with Gasteiger partial charge in [-0.05, 0) is 58.6 Å². The maximum atomic E-state index is 13.0. The van der Waals surface area contributed by atoms with Crippen LogP contribution in [0.15, 0.2) is 51.4 Å². The molecule has 0 radical (unpaired) electrons. The molecule has 0 atom stereocenters. The number of sulfonamides is 1. The van der Waals surface area contributed by atoms with E-state index in [-0.39, 0.29) is 22.9 Å². The molecule has 0 aliphatic heterocycles. The van der Waals surface area contributed by atoms with Crippen LogP contribution >= 0.6 is 15.9 Å². The number of halogens is 4. The number of primary amides is 1. The van der Waals surface area contributed by atoms with E-state index in [0.29, 0.717) is 34.1 Å². The minimum atomic E-state index is -5.64. The number of benzene rings is 2. The Balaban J connectivity index is 1.54. The number of nitrogens with one attached hydrogen (secondary N) is 1. The molecule has 0 unspecified atom stereocenters. The molecule has 8 nitrogen and oxygen atoms in total. The van der Waals surface area contributed by atoms with E-state index in [9.17, 15) is 26.4 Å². The molecule has 38 heavy (non-hydrogen) atoms. The van der Waals surface area contributed by atoms with Crippen LogP contribution < -0.4 is 10.5 Å². The fourth-order valence-corrected chi connectivity index (χ4v) is 5.59. The van der Waals surface area contributed by atoms with E-state index in [2.05, 4.69) is 20.9 Å². The molecule has 200 valence electrons. The first-order valence-electron chi connectivity index (χ1n) is 11.7. The molecule has 0 bridgehead atoms. The Kier molecular flexibility index (Phi) is 6.54. The van der Waals surface area contributed by atoms with Gasteiger partial charge in [0.1, 0.15) is 17.1 Å². The molecule has 0 saturated heterocycles. The van der Waals surface area contributed by atoms with Gasteiger partial charge >= 0.3 is 15.5 Å². The summed E-state index contributed by atoms with van der Waals surface area (Å²) in [7, 11) is -5.64. The molecule has 13 heteroatoms.